The molecule has 4 heterocycles. The van der Waals surface area contributed by atoms with Gasteiger partial charge in [-0.2, -0.15) is 13.2 Å². The van der Waals surface area contributed by atoms with E-state index in [9.17, 15) is 27.9 Å². The van der Waals surface area contributed by atoms with Gasteiger partial charge >= 0.3 is 12.2 Å². The van der Waals surface area contributed by atoms with Gasteiger partial charge < -0.3 is 10.0 Å². The monoisotopic (exact) mass is 519 g/mol. The fourth-order valence-electron chi connectivity index (χ4n) is 4.71. The van der Waals surface area contributed by atoms with E-state index >= 15 is 0 Å². The topological polar surface area (TPSA) is 98.7 Å². The second-order valence-electron chi connectivity index (χ2n) is 10.0. The molecule has 0 spiro atoms. The lowest BCUT2D eigenvalue weighted by Gasteiger charge is -2.45. The Kier molecular flexibility index (Phi) is 8.01. The quantitative estimate of drug-likeness (QED) is 0.485. The number of nitrogens with zero attached hydrogens (tertiary/aromatic N) is 4. The second-order valence-corrected chi connectivity index (χ2v) is 10.0. The van der Waals surface area contributed by atoms with E-state index in [4.69, 9.17) is 0 Å². The summed E-state index contributed by atoms with van der Waals surface area (Å²) in [4.78, 5) is 38.4. The van der Waals surface area contributed by atoms with E-state index in [0.29, 0.717) is 18.1 Å². The number of aliphatic hydroxyl groups is 1. The predicted octanol–water partition coefficient (Wildman–Crippen LogP) is 4.83. The lowest BCUT2D eigenvalue weighted by molar-refractivity contribution is -0.168. The third-order valence-corrected chi connectivity index (χ3v) is 7.04. The maximum Gasteiger partial charge on any atom is 0.391 e. The molecular weight excluding hydrogens is 487 g/mol. The van der Waals surface area contributed by atoms with Crippen molar-refractivity contribution in [2.75, 3.05) is 34.8 Å². The van der Waals surface area contributed by atoms with Crippen LogP contribution in [0.5, 0.6) is 0 Å². The van der Waals surface area contributed by atoms with Gasteiger partial charge in [0, 0.05) is 32.3 Å². The molecule has 200 valence electrons. The average Bonchev–Trinajstić information content (AvgIpc) is 2.86. The zero-order chi connectivity index (χ0) is 26.7. The van der Waals surface area contributed by atoms with Gasteiger partial charge in [0.15, 0.2) is 11.6 Å². The number of aryl methyl sites for hydroxylation is 1. The van der Waals surface area contributed by atoms with Crippen molar-refractivity contribution >= 4 is 29.1 Å². The molecular formula is C26H32F3N5O3. The normalized spacial score (nSPS) is 18.7. The minimum absolute atomic E-state index is 0.0908. The van der Waals surface area contributed by atoms with Gasteiger partial charge in [0.25, 0.3) is 0 Å². The first kappa shape index (κ1) is 26.8. The number of alkyl halides is 3. The number of halogens is 3. The van der Waals surface area contributed by atoms with Crippen LogP contribution in [-0.4, -0.2) is 58.8 Å². The molecule has 2 aliphatic rings. The number of fused-ring (bicyclic) bond motifs is 4. The molecule has 0 aromatic carbocycles. The van der Waals surface area contributed by atoms with Crippen molar-refractivity contribution in [3.05, 3.63) is 41.7 Å². The molecule has 2 aromatic heterocycles. The largest absolute Gasteiger partial charge is 0.396 e. The van der Waals surface area contributed by atoms with Crippen LogP contribution in [0.2, 0.25) is 0 Å². The Morgan fingerprint density at radius 3 is 2.76 bits per heavy atom. The van der Waals surface area contributed by atoms with Gasteiger partial charge in [-0.25, -0.2) is 14.8 Å². The average molecular weight is 520 g/mol. The Morgan fingerprint density at radius 1 is 1.24 bits per heavy atom. The summed E-state index contributed by atoms with van der Waals surface area (Å²) in [6.07, 6.45) is -0.455. The van der Waals surface area contributed by atoms with Crippen molar-refractivity contribution in [2.24, 2.45) is 11.8 Å². The first-order valence-electron chi connectivity index (χ1n) is 12.6. The van der Waals surface area contributed by atoms with Crippen LogP contribution in [0.25, 0.3) is 0 Å². The van der Waals surface area contributed by atoms with Crippen LogP contribution in [0.4, 0.5) is 35.3 Å². The van der Waals surface area contributed by atoms with Gasteiger partial charge in [-0.05, 0) is 61.4 Å². The number of hydrogen-bond donors (Lipinski definition) is 2. The number of anilines is 3. The Hall–Kier alpha value is -3.21. The van der Waals surface area contributed by atoms with E-state index in [1.54, 1.807) is 18.3 Å². The van der Waals surface area contributed by atoms with E-state index < -0.39 is 30.3 Å². The van der Waals surface area contributed by atoms with Gasteiger partial charge in [0.2, 0.25) is 0 Å². The molecule has 4 rings (SSSR count). The lowest BCUT2D eigenvalue weighted by Crippen LogP contribution is -2.56. The fourth-order valence-corrected chi connectivity index (χ4v) is 4.71. The van der Waals surface area contributed by atoms with Crippen molar-refractivity contribution in [1.82, 2.24) is 9.97 Å². The molecule has 8 nitrogen and oxygen atoms in total. The summed E-state index contributed by atoms with van der Waals surface area (Å²) in [6.45, 7) is 4.41. The third kappa shape index (κ3) is 6.20. The number of nitrogens with one attached hydrogen (secondary N) is 1. The number of ketones is 1. The molecule has 3 atom stereocenters. The van der Waals surface area contributed by atoms with Crippen LogP contribution in [0.1, 0.15) is 55.6 Å². The molecule has 2 N–H and O–H groups in total. The number of carbonyl (C=O) groups is 2. The van der Waals surface area contributed by atoms with E-state index in [-0.39, 0.29) is 30.1 Å². The van der Waals surface area contributed by atoms with Gasteiger partial charge in [0.1, 0.15) is 11.5 Å². The van der Waals surface area contributed by atoms with Crippen molar-refractivity contribution in [3.8, 4) is 0 Å². The van der Waals surface area contributed by atoms with Crippen molar-refractivity contribution in [3.63, 3.8) is 0 Å². The summed E-state index contributed by atoms with van der Waals surface area (Å²) in [6, 6.07) is 6.09. The lowest BCUT2D eigenvalue weighted by atomic mass is 9.98. The first-order valence-corrected chi connectivity index (χ1v) is 12.6. The second kappa shape index (κ2) is 11.0. The zero-order valence-corrected chi connectivity index (χ0v) is 21.0. The Balaban J connectivity index is 1.57. The third-order valence-electron chi connectivity index (χ3n) is 7.04. The number of aliphatic hydroxyl groups excluding tert-OH is 1. The highest BCUT2D eigenvalue weighted by molar-refractivity contribution is 6.05. The van der Waals surface area contributed by atoms with Crippen molar-refractivity contribution in [1.29, 1.82) is 0 Å². The van der Waals surface area contributed by atoms with Crippen molar-refractivity contribution < 1.29 is 27.9 Å². The van der Waals surface area contributed by atoms with E-state index in [1.165, 1.54) is 11.0 Å². The molecule has 0 unspecified atom stereocenters. The number of amides is 2. The number of hydrogen-bond acceptors (Lipinski definition) is 6. The highest BCUT2D eigenvalue weighted by Crippen LogP contribution is 2.39. The first-order chi connectivity index (χ1) is 17.6. The highest BCUT2D eigenvalue weighted by atomic mass is 19.4. The molecule has 2 aliphatic heterocycles. The summed E-state index contributed by atoms with van der Waals surface area (Å²) in [7, 11) is 0. The molecule has 0 radical (unpaired) electrons. The Bertz CT molecular complexity index is 1140. The highest BCUT2D eigenvalue weighted by Gasteiger charge is 2.40. The summed E-state index contributed by atoms with van der Waals surface area (Å²) in [5.41, 5.74) is 1.55. The number of rotatable bonds is 8. The molecule has 2 bridgehead atoms. The number of urea groups is 1. The molecule has 2 aromatic rings. The molecule has 0 saturated carbocycles. The smallest absolute Gasteiger partial charge is 0.391 e. The molecule has 0 aliphatic carbocycles. The molecule has 1 saturated heterocycles. The van der Waals surface area contributed by atoms with Gasteiger partial charge in [-0.1, -0.05) is 13.8 Å². The predicted molar refractivity (Wildman–Crippen MR) is 134 cm³/mol. The minimum atomic E-state index is -4.48. The van der Waals surface area contributed by atoms with Crippen LogP contribution in [0, 0.1) is 11.8 Å². The Labute approximate surface area is 213 Å². The zero-order valence-electron chi connectivity index (χ0n) is 21.0. The van der Waals surface area contributed by atoms with Crippen LogP contribution in [0.15, 0.2) is 30.5 Å². The SMILES string of the molecule is C[C@H](CO)CCc1ccnc(NC(=O)N2c3nc(C(=O)C[C@H](C)C(F)(F)F)ccc3N3CCC[C@H]2C3)c1. The number of carbonyl (C=O) groups excluding carboxylic acids is 2. The van der Waals surface area contributed by atoms with Crippen LogP contribution >= 0.6 is 0 Å². The van der Waals surface area contributed by atoms with E-state index in [1.807, 2.05) is 13.0 Å². The minimum Gasteiger partial charge on any atom is -0.396 e. The van der Waals surface area contributed by atoms with Gasteiger partial charge in [0.05, 0.1) is 17.6 Å². The fraction of sp³-hybridized carbons (Fsp3) is 0.538. The van der Waals surface area contributed by atoms with Crippen LogP contribution < -0.4 is 15.1 Å². The standard InChI is InChI=1S/C26H32F3N5O3/c1-16(15-35)5-6-18-9-10-30-23(13-18)32-25(37)34-19-4-3-11-33(14-19)21-8-7-20(31-24(21)34)22(36)12-17(2)26(27,28)29/h7-10,13,16-17,19,35H,3-6,11-12,14-15H2,1-2H3,(H,30,32,37)/t16-,17-,19-/m0/s1. The van der Waals surface area contributed by atoms with E-state index in [2.05, 4.69) is 20.2 Å². The molecule has 1 fully saturated rings. The summed E-state index contributed by atoms with van der Waals surface area (Å²) < 4.78 is 39.0. The molecule has 11 heteroatoms. The number of aromatic nitrogens is 2. The number of pyridine rings is 2. The van der Waals surface area contributed by atoms with E-state index in [0.717, 1.165) is 44.7 Å². The van der Waals surface area contributed by atoms with Crippen LogP contribution in [0.3, 0.4) is 0 Å². The van der Waals surface area contributed by atoms with Crippen LogP contribution in [-0.2, 0) is 6.42 Å². The summed E-state index contributed by atoms with van der Waals surface area (Å²) in [5, 5.41) is 12.1. The van der Waals surface area contributed by atoms with Crippen molar-refractivity contribution in [2.45, 2.75) is 58.2 Å². The van der Waals surface area contributed by atoms with Gasteiger partial charge in [-0.15, -0.1) is 0 Å². The summed E-state index contributed by atoms with van der Waals surface area (Å²) >= 11 is 0. The molecule has 2 amide bonds. The summed E-state index contributed by atoms with van der Waals surface area (Å²) in [5.74, 6) is -1.71. The number of Topliss-reactive ketones (excluding diaryl/α,β-unsaturated/α-hetero) is 1. The maximum absolute atomic E-state index is 13.5. The maximum atomic E-state index is 13.5. The van der Waals surface area contributed by atoms with Gasteiger partial charge in [-0.3, -0.25) is 15.0 Å². The Morgan fingerprint density at radius 2 is 2.03 bits per heavy atom. The number of piperidine rings is 1. The molecule has 37 heavy (non-hydrogen) atoms.